The van der Waals surface area contributed by atoms with E-state index in [1.807, 2.05) is 22.6 Å². The molecule has 0 amide bonds. The van der Waals surface area contributed by atoms with Crippen LogP contribution in [0.2, 0.25) is 0 Å². The molecule has 0 saturated carbocycles. The molecule has 0 spiro atoms. The van der Waals surface area contributed by atoms with Crippen molar-refractivity contribution in [2.75, 3.05) is 6.54 Å². The van der Waals surface area contributed by atoms with E-state index >= 15 is 0 Å². The summed E-state index contributed by atoms with van der Waals surface area (Å²) in [5.74, 6) is 0. The van der Waals surface area contributed by atoms with Crippen molar-refractivity contribution in [2.24, 2.45) is 7.05 Å². The monoisotopic (exact) mass is 275 g/mol. The van der Waals surface area contributed by atoms with Crippen molar-refractivity contribution in [3.8, 4) is 0 Å². The first kappa shape index (κ1) is 14.8. The van der Waals surface area contributed by atoms with Crippen LogP contribution in [-0.2, 0) is 20.0 Å². The molecule has 5 nitrogen and oxygen atoms in total. The van der Waals surface area contributed by atoms with E-state index in [1.54, 1.807) is 0 Å². The van der Waals surface area contributed by atoms with Crippen LogP contribution in [0, 0.1) is 0 Å². The van der Waals surface area contributed by atoms with Crippen LogP contribution in [0.5, 0.6) is 0 Å². The summed E-state index contributed by atoms with van der Waals surface area (Å²) < 4.78 is 3.93. The highest BCUT2D eigenvalue weighted by atomic mass is 15.3. The molecule has 0 aliphatic carbocycles. The summed E-state index contributed by atoms with van der Waals surface area (Å²) in [4.78, 5) is 0. The number of nitrogens with zero attached hydrogens (tertiary/aromatic N) is 4. The summed E-state index contributed by atoms with van der Waals surface area (Å²) in [5, 5.41) is 12.4. The minimum absolute atomic E-state index is 0.349. The van der Waals surface area contributed by atoms with Crippen LogP contribution >= 0.6 is 0 Å². The largest absolute Gasteiger partial charge is 0.310 e. The molecule has 110 valence electrons. The lowest BCUT2D eigenvalue weighted by atomic mass is 10.2. The maximum absolute atomic E-state index is 4.47. The van der Waals surface area contributed by atoms with E-state index < -0.39 is 0 Å². The molecule has 20 heavy (non-hydrogen) atoms. The van der Waals surface area contributed by atoms with Gasteiger partial charge in [-0.05, 0) is 32.4 Å². The van der Waals surface area contributed by atoms with Crippen LogP contribution in [0.3, 0.4) is 0 Å². The quantitative estimate of drug-likeness (QED) is 0.843. The van der Waals surface area contributed by atoms with Gasteiger partial charge < -0.3 is 5.32 Å². The summed E-state index contributed by atoms with van der Waals surface area (Å²) in [6.45, 7) is 8.28. The average molecular weight is 275 g/mol. The first-order valence-electron chi connectivity index (χ1n) is 7.41. The van der Waals surface area contributed by atoms with Gasteiger partial charge in [0.15, 0.2) is 0 Å². The topological polar surface area (TPSA) is 47.7 Å². The van der Waals surface area contributed by atoms with Gasteiger partial charge in [0.05, 0.1) is 24.1 Å². The minimum Gasteiger partial charge on any atom is -0.310 e. The third-order valence-corrected chi connectivity index (χ3v) is 3.57. The number of hydrogen-bond acceptors (Lipinski definition) is 3. The molecule has 0 aliphatic heterocycles. The molecule has 2 aromatic heterocycles. The number of hydrogen-bond donors (Lipinski definition) is 1. The van der Waals surface area contributed by atoms with E-state index in [0.29, 0.717) is 6.04 Å². The summed E-state index contributed by atoms with van der Waals surface area (Å²) in [6, 6.07) is 2.50. The highest BCUT2D eigenvalue weighted by molar-refractivity contribution is 5.13. The number of rotatable bonds is 7. The fraction of sp³-hybridized carbons (Fsp3) is 0.600. The third kappa shape index (κ3) is 3.48. The fourth-order valence-electron chi connectivity index (χ4n) is 2.23. The van der Waals surface area contributed by atoms with Crippen LogP contribution in [-0.4, -0.2) is 26.1 Å². The molecule has 0 radical (unpaired) electrons. The maximum atomic E-state index is 4.47. The van der Waals surface area contributed by atoms with E-state index in [-0.39, 0.29) is 0 Å². The SMILES string of the molecule is CCCNC(C)c1cnn(Cc2cc(CC)nn2C)c1. The standard InChI is InChI=1S/C15H25N5/c1-5-7-16-12(3)13-9-17-20(10-13)11-15-8-14(6-2)18-19(15)4/h8-10,12,16H,5-7,11H2,1-4H3. The Morgan fingerprint density at radius 3 is 2.80 bits per heavy atom. The lowest BCUT2D eigenvalue weighted by Crippen LogP contribution is -2.18. The van der Waals surface area contributed by atoms with E-state index in [9.17, 15) is 0 Å². The van der Waals surface area contributed by atoms with Gasteiger partial charge in [-0.1, -0.05) is 13.8 Å². The Morgan fingerprint density at radius 2 is 2.15 bits per heavy atom. The van der Waals surface area contributed by atoms with Gasteiger partial charge >= 0.3 is 0 Å². The summed E-state index contributed by atoms with van der Waals surface area (Å²) in [6.07, 6.45) is 6.18. The van der Waals surface area contributed by atoms with Gasteiger partial charge in [-0.3, -0.25) is 9.36 Å². The lowest BCUT2D eigenvalue weighted by Gasteiger charge is -2.10. The number of aryl methyl sites for hydroxylation is 2. The highest BCUT2D eigenvalue weighted by Crippen LogP contribution is 2.12. The van der Waals surface area contributed by atoms with Crippen LogP contribution in [0.1, 0.15) is 50.2 Å². The highest BCUT2D eigenvalue weighted by Gasteiger charge is 2.09. The van der Waals surface area contributed by atoms with Crippen LogP contribution in [0.4, 0.5) is 0 Å². The molecule has 0 aromatic carbocycles. The zero-order valence-corrected chi connectivity index (χ0v) is 12.9. The molecule has 0 saturated heterocycles. The molecule has 1 N–H and O–H groups in total. The normalized spacial score (nSPS) is 12.8. The van der Waals surface area contributed by atoms with Crippen molar-refractivity contribution < 1.29 is 0 Å². The molecular weight excluding hydrogens is 250 g/mol. The zero-order chi connectivity index (χ0) is 14.5. The Bertz CT molecular complexity index is 540. The second-order valence-electron chi connectivity index (χ2n) is 5.25. The predicted octanol–water partition coefficient (Wildman–Crippen LogP) is 2.29. The Balaban J connectivity index is 2.03. The molecule has 2 aromatic rings. The van der Waals surface area contributed by atoms with Gasteiger partial charge in [0.25, 0.3) is 0 Å². The van der Waals surface area contributed by atoms with E-state index in [1.165, 1.54) is 11.3 Å². The van der Waals surface area contributed by atoms with Crippen molar-refractivity contribution >= 4 is 0 Å². The lowest BCUT2D eigenvalue weighted by molar-refractivity contribution is 0.568. The van der Waals surface area contributed by atoms with Gasteiger partial charge in [0, 0.05) is 24.8 Å². The number of nitrogens with one attached hydrogen (secondary N) is 1. The number of aromatic nitrogens is 4. The fourth-order valence-corrected chi connectivity index (χ4v) is 2.23. The van der Waals surface area contributed by atoms with Gasteiger partial charge in [-0.15, -0.1) is 0 Å². The van der Waals surface area contributed by atoms with Gasteiger partial charge in [0.2, 0.25) is 0 Å². The van der Waals surface area contributed by atoms with Crippen LogP contribution < -0.4 is 5.32 Å². The van der Waals surface area contributed by atoms with Crippen molar-refractivity contribution in [3.63, 3.8) is 0 Å². The minimum atomic E-state index is 0.349. The second-order valence-corrected chi connectivity index (χ2v) is 5.25. The molecule has 1 atom stereocenters. The molecule has 2 rings (SSSR count). The summed E-state index contributed by atoms with van der Waals surface area (Å²) >= 11 is 0. The smallest absolute Gasteiger partial charge is 0.0828 e. The van der Waals surface area contributed by atoms with Gasteiger partial charge in [0.1, 0.15) is 0 Å². The van der Waals surface area contributed by atoms with Crippen molar-refractivity contribution in [1.82, 2.24) is 24.9 Å². The predicted molar refractivity (Wildman–Crippen MR) is 80.6 cm³/mol. The van der Waals surface area contributed by atoms with Crippen LogP contribution in [0.25, 0.3) is 0 Å². The third-order valence-electron chi connectivity index (χ3n) is 3.57. The molecule has 2 heterocycles. The Hall–Kier alpha value is -1.62. The molecule has 0 aliphatic rings. The Kier molecular flexibility index (Phi) is 4.95. The molecule has 0 bridgehead atoms. The van der Waals surface area contributed by atoms with E-state index in [2.05, 4.69) is 48.5 Å². The van der Waals surface area contributed by atoms with E-state index in [0.717, 1.165) is 31.6 Å². The maximum Gasteiger partial charge on any atom is 0.0828 e. The van der Waals surface area contributed by atoms with Crippen molar-refractivity contribution in [1.29, 1.82) is 0 Å². The van der Waals surface area contributed by atoms with Crippen molar-refractivity contribution in [3.05, 3.63) is 35.4 Å². The molecule has 5 heteroatoms. The molecular formula is C15H25N5. The zero-order valence-electron chi connectivity index (χ0n) is 12.9. The van der Waals surface area contributed by atoms with E-state index in [4.69, 9.17) is 0 Å². The summed E-state index contributed by atoms with van der Waals surface area (Å²) in [5.41, 5.74) is 3.55. The van der Waals surface area contributed by atoms with Crippen LogP contribution in [0.15, 0.2) is 18.5 Å². The Labute approximate surface area is 121 Å². The van der Waals surface area contributed by atoms with Gasteiger partial charge in [-0.2, -0.15) is 10.2 Å². The Morgan fingerprint density at radius 1 is 1.35 bits per heavy atom. The molecule has 1 unspecified atom stereocenters. The van der Waals surface area contributed by atoms with Crippen molar-refractivity contribution in [2.45, 2.75) is 46.2 Å². The average Bonchev–Trinajstić information content (AvgIpc) is 3.04. The van der Waals surface area contributed by atoms with Gasteiger partial charge in [-0.25, -0.2) is 0 Å². The molecule has 0 fully saturated rings. The second kappa shape index (κ2) is 6.70. The summed E-state index contributed by atoms with van der Waals surface area (Å²) in [7, 11) is 1.99. The first-order chi connectivity index (χ1) is 9.63. The first-order valence-corrected chi connectivity index (χ1v) is 7.41.